The third-order valence-corrected chi connectivity index (χ3v) is 3.16. The zero-order valence-electron chi connectivity index (χ0n) is 13.2. The van der Waals surface area contributed by atoms with E-state index in [-0.39, 0.29) is 0 Å². The van der Waals surface area contributed by atoms with E-state index in [9.17, 15) is 4.79 Å². The summed E-state index contributed by atoms with van der Waals surface area (Å²) in [6, 6.07) is 2.85. The number of nitrogens with one attached hydrogen (secondary N) is 1. The minimum Gasteiger partial charge on any atom is -0.493 e. The van der Waals surface area contributed by atoms with Crippen LogP contribution in [0.4, 0.5) is 4.79 Å². The second kappa shape index (κ2) is 6.13. The lowest BCUT2D eigenvalue weighted by atomic mass is 9.92. The summed E-state index contributed by atoms with van der Waals surface area (Å²) >= 11 is 0. The second-order valence-electron chi connectivity index (χ2n) is 5.51. The maximum absolute atomic E-state index is 10.9. The Kier molecular flexibility index (Phi) is 4.44. The van der Waals surface area contributed by atoms with Gasteiger partial charge in [-0.1, -0.05) is 0 Å². The first kappa shape index (κ1) is 15.9. The number of carbonyl (C=O) groups is 1. The summed E-state index contributed by atoms with van der Waals surface area (Å²) in [5, 5.41) is 4.09. The topological polar surface area (TPSA) is 95.2 Å². The number of urea groups is 1. The first-order valence-corrected chi connectivity index (χ1v) is 7.02. The Labute approximate surface area is 129 Å². The average Bonchev–Trinajstić information content (AvgIpc) is 2.44. The number of benzene rings is 1. The SMILES string of the molecule is CCOc1cc2c(cc1OC)OC(C)(C)CC2=NNC(N)=O. The molecule has 1 aliphatic heterocycles. The van der Waals surface area contributed by atoms with E-state index in [1.165, 1.54) is 0 Å². The minimum atomic E-state index is -0.711. The molecule has 7 heteroatoms. The molecule has 3 N–H and O–H groups in total. The van der Waals surface area contributed by atoms with Crippen LogP contribution in [-0.4, -0.2) is 31.1 Å². The number of ether oxygens (including phenoxy) is 3. The molecule has 0 aliphatic carbocycles. The first-order valence-electron chi connectivity index (χ1n) is 7.02. The van der Waals surface area contributed by atoms with E-state index >= 15 is 0 Å². The molecular formula is C15H21N3O4. The number of fused-ring (bicyclic) bond motifs is 1. The molecular weight excluding hydrogens is 286 g/mol. The minimum absolute atomic E-state index is 0.455. The van der Waals surface area contributed by atoms with Gasteiger partial charge in [-0.15, -0.1) is 0 Å². The molecule has 0 radical (unpaired) electrons. The number of nitrogens with two attached hydrogens (primary N) is 1. The molecule has 0 fully saturated rings. The fourth-order valence-corrected chi connectivity index (χ4v) is 2.33. The number of hydrogen-bond acceptors (Lipinski definition) is 5. The lowest BCUT2D eigenvalue weighted by molar-refractivity contribution is 0.110. The van der Waals surface area contributed by atoms with Crippen LogP contribution in [-0.2, 0) is 0 Å². The van der Waals surface area contributed by atoms with Crippen molar-refractivity contribution in [3.05, 3.63) is 17.7 Å². The van der Waals surface area contributed by atoms with Crippen LogP contribution in [0.15, 0.2) is 17.2 Å². The Morgan fingerprint density at radius 3 is 2.77 bits per heavy atom. The summed E-state index contributed by atoms with van der Waals surface area (Å²) in [6.45, 7) is 6.28. The highest BCUT2D eigenvalue weighted by Gasteiger charge is 2.32. The summed E-state index contributed by atoms with van der Waals surface area (Å²) in [7, 11) is 1.57. The maximum atomic E-state index is 10.9. The van der Waals surface area contributed by atoms with E-state index in [1.54, 1.807) is 19.2 Å². The van der Waals surface area contributed by atoms with Gasteiger partial charge in [-0.25, -0.2) is 10.2 Å². The van der Waals surface area contributed by atoms with Crippen LogP contribution < -0.4 is 25.4 Å². The highest BCUT2D eigenvalue weighted by atomic mass is 16.5. The van der Waals surface area contributed by atoms with Gasteiger partial charge in [-0.2, -0.15) is 5.10 Å². The van der Waals surface area contributed by atoms with E-state index in [1.807, 2.05) is 20.8 Å². The molecule has 0 atom stereocenters. The van der Waals surface area contributed by atoms with E-state index < -0.39 is 11.6 Å². The number of carbonyl (C=O) groups excluding carboxylic acids is 1. The molecule has 2 rings (SSSR count). The van der Waals surface area contributed by atoms with E-state index in [0.29, 0.717) is 36.0 Å². The lowest BCUT2D eigenvalue weighted by Gasteiger charge is -2.33. The normalized spacial score (nSPS) is 17.4. The van der Waals surface area contributed by atoms with Gasteiger partial charge in [0.2, 0.25) is 0 Å². The van der Waals surface area contributed by atoms with Gasteiger partial charge in [-0.05, 0) is 26.8 Å². The fraction of sp³-hybridized carbons (Fsp3) is 0.467. The van der Waals surface area contributed by atoms with Gasteiger partial charge in [0.05, 0.1) is 19.4 Å². The second-order valence-corrected chi connectivity index (χ2v) is 5.51. The molecule has 0 spiro atoms. The molecule has 0 saturated carbocycles. The van der Waals surface area contributed by atoms with Gasteiger partial charge in [0.25, 0.3) is 0 Å². The summed E-state index contributed by atoms with van der Waals surface area (Å²) in [5.41, 5.74) is 8.33. The molecule has 7 nitrogen and oxygen atoms in total. The molecule has 0 unspecified atom stereocenters. The number of methoxy groups -OCH3 is 1. The number of hydrogen-bond donors (Lipinski definition) is 2. The lowest BCUT2D eigenvalue weighted by Crippen LogP contribution is -2.37. The van der Waals surface area contributed by atoms with Crippen LogP contribution in [0.3, 0.4) is 0 Å². The Morgan fingerprint density at radius 2 is 2.18 bits per heavy atom. The Hall–Kier alpha value is -2.44. The summed E-state index contributed by atoms with van der Waals surface area (Å²) in [5.74, 6) is 1.81. The molecule has 1 aliphatic rings. The van der Waals surface area contributed by atoms with Crippen LogP contribution in [0.5, 0.6) is 17.2 Å². The molecule has 1 heterocycles. The molecule has 2 amide bonds. The Bertz CT molecular complexity index is 611. The number of amides is 2. The number of hydrazone groups is 1. The molecule has 0 aromatic heterocycles. The standard InChI is InChI=1S/C15H21N3O4/c1-5-21-13-6-9-10(17-18-14(16)19)8-15(2,3)22-11(9)7-12(13)20-4/h6-7H,5,8H2,1-4H3,(H3,16,18,19). The van der Waals surface area contributed by atoms with Gasteiger partial charge in [-0.3, -0.25) is 0 Å². The quantitative estimate of drug-likeness (QED) is 0.832. The molecule has 0 saturated heterocycles. The number of rotatable bonds is 4. The molecule has 120 valence electrons. The van der Waals surface area contributed by atoms with Crippen molar-refractivity contribution in [2.24, 2.45) is 10.8 Å². The Balaban J connectivity index is 2.52. The summed E-state index contributed by atoms with van der Waals surface area (Å²) < 4.78 is 16.9. The van der Waals surface area contributed by atoms with Gasteiger partial charge in [0, 0.05) is 18.1 Å². The van der Waals surface area contributed by atoms with Gasteiger partial charge < -0.3 is 19.9 Å². The van der Waals surface area contributed by atoms with Gasteiger partial charge >= 0.3 is 6.03 Å². The van der Waals surface area contributed by atoms with Crippen molar-refractivity contribution in [2.75, 3.05) is 13.7 Å². The van der Waals surface area contributed by atoms with Crippen molar-refractivity contribution < 1.29 is 19.0 Å². The maximum Gasteiger partial charge on any atom is 0.332 e. The first-order chi connectivity index (χ1) is 10.4. The predicted molar refractivity (Wildman–Crippen MR) is 82.7 cm³/mol. The van der Waals surface area contributed by atoms with Crippen LogP contribution in [0.1, 0.15) is 32.8 Å². The number of nitrogens with zero attached hydrogens (tertiary/aromatic N) is 1. The van der Waals surface area contributed by atoms with E-state index in [4.69, 9.17) is 19.9 Å². The Morgan fingerprint density at radius 1 is 1.45 bits per heavy atom. The van der Waals surface area contributed by atoms with Crippen molar-refractivity contribution in [1.29, 1.82) is 0 Å². The van der Waals surface area contributed by atoms with Crippen molar-refractivity contribution in [1.82, 2.24) is 5.43 Å². The summed E-state index contributed by atoms with van der Waals surface area (Å²) in [6.07, 6.45) is 0.526. The number of primary amides is 1. The van der Waals surface area contributed by atoms with Gasteiger partial charge in [0.15, 0.2) is 11.5 Å². The third-order valence-electron chi connectivity index (χ3n) is 3.16. The highest BCUT2D eigenvalue weighted by molar-refractivity contribution is 6.05. The monoisotopic (exact) mass is 307 g/mol. The molecule has 22 heavy (non-hydrogen) atoms. The van der Waals surface area contributed by atoms with Crippen LogP contribution >= 0.6 is 0 Å². The average molecular weight is 307 g/mol. The predicted octanol–water partition coefficient (Wildman–Crippen LogP) is 2.03. The van der Waals surface area contributed by atoms with Crippen molar-refractivity contribution in [3.8, 4) is 17.2 Å². The highest BCUT2D eigenvalue weighted by Crippen LogP contribution is 2.40. The smallest absolute Gasteiger partial charge is 0.332 e. The zero-order valence-corrected chi connectivity index (χ0v) is 13.2. The zero-order chi connectivity index (χ0) is 16.3. The van der Waals surface area contributed by atoms with Crippen molar-refractivity contribution in [3.63, 3.8) is 0 Å². The fourth-order valence-electron chi connectivity index (χ4n) is 2.33. The molecule has 1 aromatic rings. The van der Waals surface area contributed by atoms with Crippen molar-refractivity contribution in [2.45, 2.75) is 32.8 Å². The third kappa shape index (κ3) is 3.41. The van der Waals surface area contributed by atoms with Crippen LogP contribution in [0.2, 0.25) is 0 Å². The van der Waals surface area contributed by atoms with E-state index in [2.05, 4.69) is 10.5 Å². The van der Waals surface area contributed by atoms with E-state index in [0.717, 1.165) is 5.56 Å². The largest absolute Gasteiger partial charge is 0.493 e. The van der Waals surface area contributed by atoms with Crippen molar-refractivity contribution >= 4 is 11.7 Å². The molecule has 1 aromatic carbocycles. The summed E-state index contributed by atoms with van der Waals surface area (Å²) in [4.78, 5) is 10.9. The molecule has 0 bridgehead atoms. The van der Waals surface area contributed by atoms with Crippen LogP contribution in [0, 0.1) is 0 Å². The van der Waals surface area contributed by atoms with Gasteiger partial charge in [0.1, 0.15) is 11.4 Å². The van der Waals surface area contributed by atoms with Crippen LogP contribution in [0.25, 0.3) is 0 Å².